The van der Waals surface area contributed by atoms with Crippen LogP contribution >= 0.6 is 0 Å². The molecule has 0 aliphatic rings. The summed E-state index contributed by atoms with van der Waals surface area (Å²) in [7, 11) is 0. The molecule has 0 aliphatic heterocycles. The highest BCUT2D eigenvalue weighted by Crippen LogP contribution is 2.30. The van der Waals surface area contributed by atoms with Gasteiger partial charge in [-0.05, 0) is 52.3 Å². The lowest BCUT2D eigenvalue weighted by atomic mass is 10.0. The number of ether oxygens (including phenoxy) is 2. The highest BCUT2D eigenvalue weighted by atomic mass is 16.5. The Hall–Kier alpha value is -3.07. The highest BCUT2D eigenvalue weighted by molar-refractivity contribution is 6.04. The van der Waals surface area contributed by atoms with Gasteiger partial charge in [0.25, 0.3) is 0 Å². The van der Waals surface area contributed by atoms with Crippen molar-refractivity contribution in [2.75, 3.05) is 6.61 Å². The summed E-state index contributed by atoms with van der Waals surface area (Å²) in [6, 6.07) is 6.84. The number of nitrogens with one attached hydrogen (secondary N) is 1. The third-order valence-electron chi connectivity index (χ3n) is 4.08. The molecule has 1 aromatic carbocycles. The van der Waals surface area contributed by atoms with Gasteiger partial charge in [0.05, 0.1) is 23.9 Å². The van der Waals surface area contributed by atoms with Gasteiger partial charge in [-0.1, -0.05) is 0 Å². The molecule has 6 heteroatoms. The smallest absolute Gasteiger partial charge is 0.219 e. The molecule has 0 unspecified atom stereocenters. The van der Waals surface area contributed by atoms with Crippen molar-refractivity contribution in [2.45, 2.75) is 40.7 Å². The van der Waals surface area contributed by atoms with Gasteiger partial charge in [0.2, 0.25) is 5.78 Å². The van der Waals surface area contributed by atoms with Crippen LogP contribution in [0.2, 0.25) is 0 Å². The average molecular weight is 354 g/mol. The molecule has 6 nitrogen and oxygen atoms in total. The number of hydrogen-bond donors (Lipinski definition) is 1. The molecule has 0 spiro atoms. The van der Waals surface area contributed by atoms with Crippen molar-refractivity contribution in [3.63, 3.8) is 0 Å². The van der Waals surface area contributed by atoms with Gasteiger partial charge in [-0.3, -0.25) is 9.59 Å². The molecule has 0 saturated heterocycles. The van der Waals surface area contributed by atoms with Crippen LogP contribution in [0.5, 0.6) is 11.5 Å². The standard InChI is InChI=1S/C20H22N2O4/c1-6-25-17-9-15(10-21)7-8-16(17)26-14(5)20(24)19-11(2)18(13(4)23)12(3)22-19/h7-9,14,22H,6H2,1-5H3/t14-/m0/s1. The maximum Gasteiger partial charge on any atom is 0.219 e. The Morgan fingerprint density at radius 1 is 1.27 bits per heavy atom. The Kier molecular flexibility index (Phi) is 5.83. The van der Waals surface area contributed by atoms with Crippen molar-refractivity contribution in [1.82, 2.24) is 4.98 Å². The van der Waals surface area contributed by atoms with Crippen molar-refractivity contribution >= 4 is 11.6 Å². The first-order valence-electron chi connectivity index (χ1n) is 8.38. The van der Waals surface area contributed by atoms with Gasteiger partial charge >= 0.3 is 0 Å². The minimum absolute atomic E-state index is 0.0883. The molecule has 26 heavy (non-hydrogen) atoms. The third-order valence-corrected chi connectivity index (χ3v) is 4.08. The van der Waals surface area contributed by atoms with E-state index < -0.39 is 6.10 Å². The van der Waals surface area contributed by atoms with E-state index in [1.165, 1.54) is 6.92 Å². The predicted octanol–water partition coefficient (Wildman–Crippen LogP) is 3.75. The maximum absolute atomic E-state index is 12.8. The largest absolute Gasteiger partial charge is 0.490 e. The minimum Gasteiger partial charge on any atom is -0.490 e. The lowest BCUT2D eigenvalue weighted by Gasteiger charge is -2.17. The SMILES string of the molecule is CCOc1cc(C#N)ccc1O[C@@H](C)C(=O)c1[nH]c(C)c(C(C)=O)c1C. The van der Waals surface area contributed by atoms with E-state index in [1.54, 1.807) is 39.0 Å². The maximum atomic E-state index is 12.8. The topological polar surface area (TPSA) is 92.2 Å². The Bertz CT molecular complexity index is 890. The van der Waals surface area contributed by atoms with Crippen LogP contribution in [0.4, 0.5) is 0 Å². The summed E-state index contributed by atoms with van der Waals surface area (Å²) < 4.78 is 11.3. The molecule has 2 aromatic rings. The van der Waals surface area contributed by atoms with E-state index in [9.17, 15) is 9.59 Å². The van der Waals surface area contributed by atoms with Gasteiger partial charge in [0.1, 0.15) is 0 Å². The Morgan fingerprint density at radius 2 is 1.96 bits per heavy atom. The molecule has 0 aliphatic carbocycles. The Labute approximate surface area is 152 Å². The Morgan fingerprint density at radius 3 is 2.50 bits per heavy atom. The van der Waals surface area contributed by atoms with Gasteiger partial charge in [-0.2, -0.15) is 5.26 Å². The second kappa shape index (κ2) is 7.87. The molecule has 136 valence electrons. The van der Waals surface area contributed by atoms with E-state index in [4.69, 9.17) is 14.7 Å². The normalized spacial score (nSPS) is 11.5. The molecule has 1 heterocycles. The van der Waals surface area contributed by atoms with Crippen molar-refractivity contribution in [3.8, 4) is 17.6 Å². The zero-order valence-corrected chi connectivity index (χ0v) is 15.6. The number of carbonyl (C=O) groups excluding carboxylic acids is 2. The van der Waals surface area contributed by atoms with Gasteiger partial charge in [0.15, 0.2) is 23.4 Å². The monoisotopic (exact) mass is 354 g/mol. The van der Waals surface area contributed by atoms with E-state index in [0.29, 0.717) is 46.2 Å². The number of benzene rings is 1. The number of aromatic nitrogens is 1. The van der Waals surface area contributed by atoms with E-state index in [-0.39, 0.29) is 11.6 Å². The third kappa shape index (κ3) is 3.77. The number of rotatable bonds is 7. The average Bonchev–Trinajstić information content (AvgIpc) is 2.90. The summed E-state index contributed by atoms with van der Waals surface area (Å²) in [5.41, 5.74) is 2.64. The molecule has 0 amide bonds. The molecule has 2 rings (SSSR count). The number of H-pyrrole nitrogens is 1. The van der Waals surface area contributed by atoms with Gasteiger partial charge in [0, 0.05) is 17.3 Å². The number of carbonyl (C=O) groups is 2. The first-order chi connectivity index (χ1) is 12.3. The molecule has 1 N–H and O–H groups in total. The second-order valence-electron chi connectivity index (χ2n) is 6.01. The van der Waals surface area contributed by atoms with E-state index >= 15 is 0 Å². The summed E-state index contributed by atoms with van der Waals surface area (Å²) in [4.78, 5) is 27.5. The fraction of sp³-hybridized carbons (Fsp3) is 0.350. The summed E-state index contributed by atoms with van der Waals surface area (Å²) >= 11 is 0. The van der Waals surface area contributed by atoms with Crippen LogP contribution < -0.4 is 9.47 Å². The number of nitrogens with zero attached hydrogens (tertiary/aromatic N) is 1. The molecule has 0 saturated carbocycles. The van der Waals surface area contributed by atoms with Crippen LogP contribution in [0.15, 0.2) is 18.2 Å². The summed E-state index contributed by atoms with van der Waals surface area (Å²) in [6.07, 6.45) is -0.793. The predicted molar refractivity (Wildman–Crippen MR) is 97.0 cm³/mol. The Balaban J connectivity index is 2.29. The van der Waals surface area contributed by atoms with Crippen LogP contribution in [-0.4, -0.2) is 29.3 Å². The summed E-state index contributed by atoms with van der Waals surface area (Å²) in [5, 5.41) is 9.01. The highest BCUT2D eigenvalue weighted by Gasteiger charge is 2.25. The number of nitriles is 1. The fourth-order valence-corrected chi connectivity index (χ4v) is 2.92. The number of ketones is 2. The molecular formula is C20H22N2O4. The van der Waals surface area contributed by atoms with E-state index in [1.807, 2.05) is 13.0 Å². The number of aryl methyl sites for hydroxylation is 1. The molecule has 0 bridgehead atoms. The lowest BCUT2D eigenvalue weighted by Crippen LogP contribution is -2.25. The van der Waals surface area contributed by atoms with Gasteiger partial charge in [-0.25, -0.2) is 0 Å². The van der Waals surface area contributed by atoms with Crippen molar-refractivity contribution in [1.29, 1.82) is 5.26 Å². The van der Waals surface area contributed by atoms with E-state index in [2.05, 4.69) is 4.98 Å². The van der Waals surface area contributed by atoms with Crippen LogP contribution in [0, 0.1) is 25.2 Å². The fourth-order valence-electron chi connectivity index (χ4n) is 2.92. The molecular weight excluding hydrogens is 332 g/mol. The van der Waals surface area contributed by atoms with Gasteiger partial charge in [-0.15, -0.1) is 0 Å². The van der Waals surface area contributed by atoms with Gasteiger partial charge < -0.3 is 14.5 Å². The quantitative estimate of drug-likeness (QED) is 0.764. The van der Waals surface area contributed by atoms with Crippen LogP contribution in [0.25, 0.3) is 0 Å². The zero-order valence-electron chi connectivity index (χ0n) is 15.6. The van der Waals surface area contributed by atoms with Crippen LogP contribution in [0.1, 0.15) is 58.4 Å². The number of Topliss-reactive ketones (excluding diaryl/α,β-unsaturated/α-hetero) is 2. The molecule has 0 fully saturated rings. The lowest BCUT2D eigenvalue weighted by molar-refractivity contribution is 0.0807. The first-order valence-corrected chi connectivity index (χ1v) is 8.38. The molecule has 0 radical (unpaired) electrons. The number of aromatic amines is 1. The minimum atomic E-state index is -0.793. The van der Waals surface area contributed by atoms with Crippen molar-refractivity contribution in [3.05, 3.63) is 46.3 Å². The molecule has 1 aromatic heterocycles. The summed E-state index contributed by atoms with van der Waals surface area (Å²) in [5.74, 6) is 0.453. The second-order valence-corrected chi connectivity index (χ2v) is 6.01. The zero-order chi connectivity index (χ0) is 19.4. The summed E-state index contributed by atoms with van der Waals surface area (Å²) in [6.45, 7) is 8.85. The first kappa shape index (κ1) is 19.3. The van der Waals surface area contributed by atoms with Crippen molar-refractivity contribution < 1.29 is 19.1 Å². The van der Waals surface area contributed by atoms with Crippen LogP contribution in [0.3, 0.4) is 0 Å². The number of hydrogen-bond acceptors (Lipinski definition) is 5. The molecule has 1 atom stereocenters. The van der Waals surface area contributed by atoms with E-state index in [0.717, 1.165) is 0 Å². The van der Waals surface area contributed by atoms with Crippen molar-refractivity contribution in [2.24, 2.45) is 0 Å². The van der Waals surface area contributed by atoms with Crippen LogP contribution in [-0.2, 0) is 0 Å².